The van der Waals surface area contributed by atoms with Crippen LogP contribution in [0.5, 0.6) is 5.75 Å². The van der Waals surface area contributed by atoms with Gasteiger partial charge in [-0.25, -0.2) is 4.79 Å². The van der Waals surface area contributed by atoms with Crippen molar-refractivity contribution in [3.63, 3.8) is 0 Å². The lowest BCUT2D eigenvalue weighted by Crippen LogP contribution is -2.35. The average molecular weight is 460 g/mol. The van der Waals surface area contributed by atoms with Crippen molar-refractivity contribution >= 4 is 23.3 Å². The summed E-state index contributed by atoms with van der Waals surface area (Å²) in [6, 6.07) is 22.0. The minimum absolute atomic E-state index is 0.228. The van der Waals surface area contributed by atoms with E-state index in [4.69, 9.17) is 16.3 Å². The van der Waals surface area contributed by atoms with E-state index in [1.165, 1.54) is 30.4 Å². The summed E-state index contributed by atoms with van der Waals surface area (Å²) in [4.78, 5) is 11.6. The zero-order valence-corrected chi connectivity index (χ0v) is 19.0. The highest BCUT2D eigenvalue weighted by Crippen LogP contribution is 2.63. The molecule has 0 unspecified atom stereocenters. The number of carboxylic acids is 1. The molecule has 4 nitrogen and oxygen atoms in total. The number of benzene rings is 3. The molecule has 168 valence electrons. The van der Waals surface area contributed by atoms with Gasteiger partial charge < -0.3 is 15.2 Å². The van der Waals surface area contributed by atoms with Crippen LogP contribution in [0.15, 0.2) is 66.7 Å². The van der Waals surface area contributed by atoms with Gasteiger partial charge in [-0.1, -0.05) is 41.9 Å². The van der Waals surface area contributed by atoms with E-state index in [0.717, 1.165) is 17.0 Å². The Kier molecular flexibility index (Phi) is 5.06. The molecule has 2 saturated carbocycles. The van der Waals surface area contributed by atoms with Crippen LogP contribution in [-0.4, -0.2) is 11.1 Å². The van der Waals surface area contributed by atoms with E-state index in [0.29, 0.717) is 40.9 Å². The summed E-state index contributed by atoms with van der Waals surface area (Å²) in [5, 5.41) is 14.0. The molecule has 0 radical (unpaired) electrons. The monoisotopic (exact) mass is 459 g/mol. The maximum Gasteiger partial charge on any atom is 0.335 e. The molecule has 0 spiro atoms. The summed E-state index contributed by atoms with van der Waals surface area (Å²) in [7, 11) is 0. The van der Waals surface area contributed by atoms with Crippen LogP contribution in [0.2, 0.25) is 5.02 Å². The van der Waals surface area contributed by atoms with Gasteiger partial charge in [0.15, 0.2) is 0 Å². The van der Waals surface area contributed by atoms with Gasteiger partial charge in [0, 0.05) is 16.3 Å². The number of hydrogen-bond acceptors (Lipinski definition) is 3. The largest absolute Gasteiger partial charge is 0.489 e. The van der Waals surface area contributed by atoms with E-state index >= 15 is 0 Å². The second-order valence-electron chi connectivity index (χ2n) is 9.61. The van der Waals surface area contributed by atoms with Crippen molar-refractivity contribution in [1.29, 1.82) is 0 Å². The van der Waals surface area contributed by atoms with Crippen LogP contribution in [0, 0.1) is 17.8 Å². The molecule has 0 aromatic heterocycles. The highest BCUT2D eigenvalue weighted by atomic mass is 35.5. The van der Waals surface area contributed by atoms with Gasteiger partial charge >= 0.3 is 5.97 Å². The number of fused-ring (bicyclic) bond motifs is 7. The predicted octanol–water partition coefficient (Wildman–Crippen LogP) is 6.91. The SMILES string of the molecule is O=C(O)c1ccc2c(c1)[C@@H]1[C@H]3CC[C@@H](C3)[C@H]1[C@H](c1ccc(OCc3ccccc3Cl)cc1)N2. The van der Waals surface area contributed by atoms with E-state index in [1.807, 2.05) is 48.5 Å². The van der Waals surface area contributed by atoms with E-state index in [1.54, 1.807) is 6.07 Å². The Balaban J connectivity index is 1.27. The average Bonchev–Trinajstić information content (AvgIpc) is 3.46. The zero-order chi connectivity index (χ0) is 22.5. The van der Waals surface area contributed by atoms with Crippen molar-refractivity contribution in [3.8, 4) is 5.75 Å². The standard InChI is InChI=1S/C28H26ClNO3/c29-23-4-2-1-3-20(23)15-33-21-10-7-16(8-11-21)27-26-18-6-5-17(13-18)25(26)22-14-19(28(31)32)9-12-24(22)30-27/h1-4,7-12,14,17-18,25-27,30H,5-6,13,15H2,(H,31,32)/t17-,18-,25-,26+,27-/m0/s1. The van der Waals surface area contributed by atoms with Gasteiger partial charge in [0.05, 0.1) is 11.6 Å². The Morgan fingerprint density at radius 1 is 1.03 bits per heavy atom. The normalized spacial score (nSPS) is 26.9. The quantitative estimate of drug-likeness (QED) is 0.435. The van der Waals surface area contributed by atoms with Gasteiger partial charge in [0.1, 0.15) is 12.4 Å². The summed E-state index contributed by atoms with van der Waals surface area (Å²) in [6.45, 7) is 0.439. The Hall–Kier alpha value is -2.98. The Morgan fingerprint density at radius 2 is 1.82 bits per heavy atom. The van der Waals surface area contributed by atoms with E-state index in [2.05, 4.69) is 17.4 Å². The summed E-state index contributed by atoms with van der Waals surface area (Å²) in [5.41, 5.74) is 4.89. The molecule has 2 bridgehead atoms. The zero-order valence-electron chi connectivity index (χ0n) is 18.2. The number of anilines is 1. The van der Waals surface area contributed by atoms with Crippen molar-refractivity contribution in [2.45, 2.75) is 37.8 Å². The lowest BCUT2D eigenvalue weighted by molar-refractivity contribution is 0.0696. The molecule has 0 amide bonds. The summed E-state index contributed by atoms with van der Waals surface area (Å²) < 4.78 is 5.98. The van der Waals surface area contributed by atoms with Crippen molar-refractivity contribution < 1.29 is 14.6 Å². The first-order valence-corrected chi connectivity index (χ1v) is 12.1. The number of halogens is 1. The fourth-order valence-electron chi connectivity index (χ4n) is 6.50. The van der Waals surface area contributed by atoms with Gasteiger partial charge in [-0.2, -0.15) is 0 Å². The molecular formula is C28H26ClNO3. The number of hydrogen-bond donors (Lipinski definition) is 2. The van der Waals surface area contributed by atoms with Crippen LogP contribution in [0.3, 0.4) is 0 Å². The van der Waals surface area contributed by atoms with Crippen molar-refractivity contribution in [1.82, 2.24) is 0 Å². The molecule has 6 rings (SSSR count). The van der Waals surface area contributed by atoms with E-state index in [9.17, 15) is 9.90 Å². The minimum Gasteiger partial charge on any atom is -0.489 e. The van der Waals surface area contributed by atoms with Crippen LogP contribution in [0.1, 0.15) is 58.3 Å². The van der Waals surface area contributed by atoms with Gasteiger partial charge in [-0.3, -0.25) is 0 Å². The van der Waals surface area contributed by atoms with Gasteiger partial charge in [-0.05, 0) is 90.5 Å². The molecular weight excluding hydrogens is 434 g/mol. The number of nitrogens with one attached hydrogen (secondary N) is 1. The third-order valence-electron chi connectivity index (χ3n) is 7.93. The van der Waals surface area contributed by atoms with Crippen molar-refractivity contribution in [2.75, 3.05) is 5.32 Å². The Labute approximate surface area is 198 Å². The lowest BCUT2D eigenvalue weighted by atomic mass is 9.68. The minimum atomic E-state index is -0.855. The Morgan fingerprint density at radius 3 is 2.61 bits per heavy atom. The smallest absolute Gasteiger partial charge is 0.335 e. The molecule has 3 aliphatic rings. The van der Waals surface area contributed by atoms with Crippen LogP contribution in [0.25, 0.3) is 0 Å². The van der Waals surface area contributed by atoms with Crippen molar-refractivity contribution in [3.05, 3.63) is 94.0 Å². The van der Waals surface area contributed by atoms with Crippen LogP contribution in [-0.2, 0) is 6.61 Å². The fraction of sp³-hybridized carbons (Fsp3) is 0.321. The summed E-state index contributed by atoms with van der Waals surface area (Å²) in [6.07, 6.45) is 3.78. The number of carbonyl (C=O) groups is 1. The molecule has 3 aromatic carbocycles. The highest BCUT2D eigenvalue weighted by molar-refractivity contribution is 6.31. The maximum atomic E-state index is 11.6. The molecule has 5 atom stereocenters. The van der Waals surface area contributed by atoms with Crippen molar-refractivity contribution in [2.24, 2.45) is 17.8 Å². The van der Waals surface area contributed by atoms with Crippen LogP contribution in [0.4, 0.5) is 5.69 Å². The van der Waals surface area contributed by atoms with E-state index < -0.39 is 5.97 Å². The highest BCUT2D eigenvalue weighted by Gasteiger charge is 2.53. The molecule has 1 heterocycles. The molecule has 3 aromatic rings. The molecule has 2 N–H and O–H groups in total. The third-order valence-corrected chi connectivity index (χ3v) is 8.29. The summed E-state index contributed by atoms with van der Waals surface area (Å²) in [5.74, 6) is 2.24. The third kappa shape index (κ3) is 3.57. The maximum absolute atomic E-state index is 11.6. The number of rotatable bonds is 5. The van der Waals surface area contributed by atoms with Gasteiger partial charge in [-0.15, -0.1) is 0 Å². The first-order valence-electron chi connectivity index (χ1n) is 11.7. The number of aromatic carboxylic acids is 1. The molecule has 1 aliphatic heterocycles. The number of carboxylic acid groups (broad SMARTS) is 1. The molecule has 2 fully saturated rings. The first kappa shape index (κ1) is 20.6. The second kappa shape index (κ2) is 8.11. The van der Waals surface area contributed by atoms with Crippen LogP contribution >= 0.6 is 11.6 Å². The Bertz CT molecular complexity index is 1210. The molecule has 5 heteroatoms. The first-order chi connectivity index (χ1) is 16.1. The van der Waals surface area contributed by atoms with E-state index in [-0.39, 0.29) is 6.04 Å². The number of ether oxygens (including phenoxy) is 1. The molecule has 33 heavy (non-hydrogen) atoms. The topological polar surface area (TPSA) is 58.6 Å². The lowest BCUT2D eigenvalue weighted by Gasteiger charge is -2.43. The second-order valence-corrected chi connectivity index (χ2v) is 10.0. The molecule has 0 saturated heterocycles. The van der Waals surface area contributed by atoms with Gasteiger partial charge in [0.2, 0.25) is 0 Å². The summed E-state index contributed by atoms with van der Waals surface area (Å²) >= 11 is 6.25. The molecule has 2 aliphatic carbocycles. The predicted molar refractivity (Wildman–Crippen MR) is 129 cm³/mol. The fourth-order valence-corrected chi connectivity index (χ4v) is 6.69. The van der Waals surface area contributed by atoms with Gasteiger partial charge in [0.25, 0.3) is 0 Å². The van der Waals surface area contributed by atoms with Crippen LogP contribution < -0.4 is 10.1 Å².